The number of fused-ring (bicyclic) bond motifs is 1. The van der Waals surface area contributed by atoms with Crippen LogP contribution < -0.4 is 14.4 Å². The van der Waals surface area contributed by atoms with E-state index in [1.54, 1.807) is 18.2 Å². The van der Waals surface area contributed by atoms with Gasteiger partial charge in [-0.1, -0.05) is 18.2 Å². The van der Waals surface area contributed by atoms with Crippen molar-refractivity contribution in [2.45, 2.75) is 19.8 Å². The summed E-state index contributed by atoms with van der Waals surface area (Å²) in [5.41, 5.74) is 3.21. The fourth-order valence-electron chi connectivity index (χ4n) is 3.01. The van der Waals surface area contributed by atoms with Crippen LogP contribution in [-0.2, 0) is 21.2 Å². The number of nitrogens with one attached hydrogen (secondary N) is 1. The van der Waals surface area contributed by atoms with Crippen LogP contribution in [-0.4, -0.2) is 33.7 Å². The van der Waals surface area contributed by atoms with Gasteiger partial charge in [-0.3, -0.25) is 9.10 Å². The van der Waals surface area contributed by atoms with Crippen molar-refractivity contribution in [1.29, 1.82) is 0 Å². The molecule has 0 aromatic heterocycles. The lowest BCUT2D eigenvalue weighted by Crippen LogP contribution is -2.34. The Morgan fingerprint density at radius 1 is 1.23 bits per heavy atom. The summed E-state index contributed by atoms with van der Waals surface area (Å²) in [5.74, 6) is 0.335. The molecule has 2 aromatic carbocycles. The van der Waals surface area contributed by atoms with E-state index in [0.717, 1.165) is 24.0 Å². The molecule has 3 rings (SSSR count). The lowest BCUT2D eigenvalue weighted by Gasteiger charge is -2.29. The second-order valence-electron chi connectivity index (χ2n) is 6.44. The van der Waals surface area contributed by atoms with E-state index in [0.29, 0.717) is 23.7 Å². The van der Waals surface area contributed by atoms with E-state index in [9.17, 15) is 13.2 Å². The number of amides is 1. The fraction of sp³-hybridized carbons (Fsp3) is 0.316. The van der Waals surface area contributed by atoms with Gasteiger partial charge in [0.1, 0.15) is 5.75 Å². The molecule has 1 heterocycles. The van der Waals surface area contributed by atoms with Gasteiger partial charge in [0.05, 0.1) is 11.9 Å². The fourth-order valence-corrected chi connectivity index (χ4v) is 4.00. The summed E-state index contributed by atoms with van der Waals surface area (Å²) in [6.07, 6.45) is 2.81. The van der Waals surface area contributed by atoms with Gasteiger partial charge < -0.3 is 10.1 Å². The van der Waals surface area contributed by atoms with Crippen molar-refractivity contribution in [2.24, 2.45) is 0 Å². The predicted octanol–water partition coefficient (Wildman–Crippen LogP) is 2.72. The van der Waals surface area contributed by atoms with E-state index in [-0.39, 0.29) is 12.5 Å². The van der Waals surface area contributed by atoms with Crippen molar-refractivity contribution in [2.75, 3.05) is 29.0 Å². The lowest BCUT2D eigenvalue weighted by molar-refractivity contribution is -0.118. The lowest BCUT2D eigenvalue weighted by atomic mass is 10.0. The smallest absolute Gasteiger partial charge is 0.262 e. The number of benzene rings is 2. The Morgan fingerprint density at radius 2 is 2.04 bits per heavy atom. The molecule has 2 aromatic rings. The Kier molecular flexibility index (Phi) is 5.18. The molecule has 0 saturated carbocycles. The van der Waals surface area contributed by atoms with E-state index in [1.165, 1.54) is 10.6 Å². The highest BCUT2D eigenvalue weighted by atomic mass is 32.2. The number of ether oxygens (including phenoxy) is 1. The molecular formula is C19H22N2O4S. The topological polar surface area (TPSA) is 75.7 Å². The number of rotatable bonds is 5. The maximum absolute atomic E-state index is 12.1. The molecule has 26 heavy (non-hydrogen) atoms. The first-order valence-corrected chi connectivity index (χ1v) is 10.3. The Balaban J connectivity index is 1.69. The third-order valence-corrected chi connectivity index (χ3v) is 5.38. The molecule has 1 N–H and O–H groups in total. The minimum Gasteiger partial charge on any atom is -0.484 e. The number of nitrogens with zero attached hydrogens (tertiary/aromatic N) is 1. The number of hydrogen-bond acceptors (Lipinski definition) is 4. The largest absolute Gasteiger partial charge is 0.484 e. The minimum atomic E-state index is -3.34. The van der Waals surface area contributed by atoms with E-state index in [1.807, 2.05) is 31.2 Å². The van der Waals surface area contributed by atoms with Crippen LogP contribution in [0.2, 0.25) is 0 Å². The van der Waals surface area contributed by atoms with Gasteiger partial charge >= 0.3 is 0 Å². The summed E-state index contributed by atoms with van der Waals surface area (Å²) >= 11 is 0. The first kappa shape index (κ1) is 18.3. The van der Waals surface area contributed by atoms with Gasteiger partial charge in [0, 0.05) is 12.2 Å². The second kappa shape index (κ2) is 7.37. The highest BCUT2D eigenvalue weighted by Crippen LogP contribution is 2.31. The van der Waals surface area contributed by atoms with Crippen molar-refractivity contribution in [1.82, 2.24) is 0 Å². The SMILES string of the molecule is Cc1cccc(OCC(=O)Nc2ccc3c(c2)N(S(C)(=O)=O)CCC3)c1. The van der Waals surface area contributed by atoms with E-state index in [2.05, 4.69) is 5.32 Å². The third-order valence-electron chi connectivity index (χ3n) is 4.20. The molecule has 1 aliphatic rings. The summed E-state index contributed by atoms with van der Waals surface area (Å²) in [4.78, 5) is 12.1. The van der Waals surface area contributed by atoms with Crippen LogP contribution in [0.5, 0.6) is 5.75 Å². The van der Waals surface area contributed by atoms with Crippen LogP contribution in [0.3, 0.4) is 0 Å². The monoisotopic (exact) mass is 374 g/mol. The molecule has 138 valence electrons. The van der Waals surface area contributed by atoms with Crippen LogP contribution in [0.1, 0.15) is 17.5 Å². The van der Waals surface area contributed by atoms with Gasteiger partial charge in [-0.25, -0.2) is 8.42 Å². The summed E-state index contributed by atoms with van der Waals surface area (Å²) in [7, 11) is -3.34. The first-order valence-electron chi connectivity index (χ1n) is 8.43. The highest BCUT2D eigenvalue weighted by molar-refractivity contribution is 7.92. The van der Waals surface area contributed by atoms with E-state index >= 15 is 0 Å². The molecule has 6 nitrogen and oxygen atoms in total. The molecular weight excluding hydrogens is 352 g/mol. The number of sulfonamides is 1. The van der Waals surface area contributed by atoms with Gasteiger partial charge in [-0.15, -0.1) is 0 Å². The third kappa shape index (κ3) is 4.35. The molecule has 1 amide bonds. The van der Waals surface area contributed by atoms with Gasteiger partial charge in [0.25, 0.3) is 5.91 Å². The highest BCUT2D eigenvalue weighted by Gasteiger charge is 2.24. The number of aryl methyl sites for hydroxylation is 2. The molecule has 0 spiro atoms. The average molecular weight is 374 g/mol. The summed E-state index contributed by atoms with van der Waals surface area (Å²) in [6.45, 7) is 2.30. The van der Waals surface area contributed by atoms with Crippen molar-refractivity contribution in [3.63, 3.8) is 0 Å². The zero-order chi connectivity index (χ0) is 18.7. The van der Waals surface area contributed by atoms with Crippen LogP contribution >= 0.6 is 0 Å². The van der Waals surface area contributed by atoms with Crippen LogP contribution in [0.15, 0.2) is 42.5 Å². The molecule has 0 fully saturated rings. The minimum absolute atomic E-state index is 0.115. The quantitative estimate of drug-likeness (QED) is 0.873. The van der Waals surface area contributed by atoms with Crippen molar-refractivity contribution < 1.29 is 17.9 Å². The first-order chi connectivity index (χ1) is 12.3. The number of hydrogen-bond donors (Lipinski definition) is 1. The van der Waals surface area contributed by atoms with Crippen LogP contribution in [0.25, 0.3) is 0 Å². The Bertz CT molecular complexity index is 925. The molecule has 7 heteroatoms. The zero-order valence-electron chi connectivity index (χ0n) is 14.9. The number of carbonyl (C=O) groups excluding carboxylic acids is 1. The van der Waals surface area contributed by atoms with Crippen molar-refractivity contribution in [3.8, 4) is 5.75 Å². The maximum Gasteiger partial charge on any atom is 0.262 e. The number of anilines is 2. The van der Waals surface area contributed by atoms with E-state index < -0.39 is 10.0 Å². The molecule has 0 bridgehead atoms. The zero-order valence-corrected chi connectivity index (χ0v) is 15.7. The predicted molar refractivity (Wildman–Crippen MR) is 102 cm³/mol. The molecule has 1 aliphatic heterocycles. The van der Waals surface area contributed by atoms with Crippen molar-refractivity contribution in [3.05, 3.63) is 53.6 Å². The van der Waals surface area contributed by atoms with Gasteiger partial charge in [-0.2, -0.15) is 0 Å². The molecule has 0 saturated heterocycles. The Hall–Kier alpha value is -2.54. The maximum atomic E-state index is 12.1. The van der Waals surface area contributed by atoms with E-state index in [4.69, 9.17) is 4.74 Å². The number of carbonyl (C=O) groups is 1. The second-order valence-corrected chi connectivity index (χ2v) is 8.34. The molecule has 0 unspecified atom stereocenters. The summed E-state index contributed by atoms with van der Waals surface area (Å²) in [6, 6.07) is 12.8. The van der Waals surface area contributed by atoms with Crippen molar-refractivity contribution >= 4 is 27.3 Å². The Labute approximate surface area is 153 Å². The standard InChI is InChI=1S/C19H22N2O4S/c1-14-5-3-7-17(11-14)25-13-19(22)20-16-9-8-15-6-4-10-21(18(15)12-16)26(2,23)24/h3,5,7-9,11-12H,4,6,10,13H2,1-2H3,(H,20,22). The summed E-state index contributed by atoms with van der Waals surface area (Å²) in [5, 5.41) is 2.76. The van der Waals surface area contributed by atoms with Gasteiger partial charge in [0.15, 0.2) is 6.61 Å². The Morgan fingerprint density at radius 3 is 2.77 bits per heavy atom. The molecule has 0 atom stereocenters. The molecule has 0 aliphatic carbocycles. The normalized spacial score (nSPS) is 13.8. The van der Waals surface area contributed by atoms with Gasteiger partial charge in [-0.05, 0) is 55.2 Å². The van der Waals surface area contributed by atoms with Crippen LogP contribution in [0, 0.1) is 6.92 Å². The molecule has 0 radical (unpaired) electrons. The van der Waals surface area contributed by atoms with Gasteiger partial charge in [0.2, 0.25) is 10.0 Å². The van der Waals surface area contributed by atoms with Crippen LogP contribution in [0.4, 0.5) is 11.4 Å². The average Bonchev–Trinajstić information content (AvgIpc) is 2.58. The summed E-state index contributed by atoms with van der Waals surface area (Å²) < 4.78 is 30.9.